The summed E-state index contributed by atoms with van der Waals surface area (Å²) in [7, 11) is 1.85. The van der Waals surface area contributed by atoms with Crippen LogP contribution in [-0.2, 0) is 6.54 Å². The molecule has 3 nitrogen and oxygen atoms in total. The maximum absolute atomic E-state index is 14.0. The first-order valence-corrected chi connectivity index (χ1v) is 6.07. The summed E-state index contributed by atoms with van der Waals surface area (Å²) in [5.74, 6) is -0.196. The molecule has 0 aromatic heterocycles. The summed E-state index contributed by atoms with van der Waals surface area (Å²) in [5, 5.41) is 12.4. The van der Waals surface area contributed by atoms with Crippen LogP contribution >= 0.6 is 0 Å². The lowest BCUT2D eigenvalue weighted by molar-refractivity contribution is 0.266. The first kappa shape index (κ1) is 12.3. The van der Waals surface area contributed by atoms with E-state index in [0.717, 1.165) is 24.9 Å². The van der Waals surface area contributed by atoms with Crippen molar-refractivity contribution in [1.29, 1.82) is 0 Å². The molecule has 0 aliphatic carbocycles. The summed E-state index contributed by atoms with van der Waals surface area (Å²) in [4.78, 5) is 2.00. The summed E-state index contributed by atoms with van der Waals surface area (Å²) in [6, 6.07) is 5.21. The summed E-state index contributed by atoms with van der Waals surface area (Å²) in [6.45, 7) is 1.55. The molecular weight excluding hydrogens is 219 g/mol. The van der Waals surface area contributed by atoms with E-state index in [-0.39, 0.29) is 18.5 Å². The van der Waals surface area contributed by atoms with E-state index in [9.17, 15) is 9.50 Å². The molecule has 1 atom stereocenters. The van der Waals surface area contributed by atoms with Crippen molar-refractivity contribution in [1.82, 2.24) is 5.32 Å². The lowest BCUT2D eigenvalue weighted by Crippen LogP contribution is -2.33. The fraction of sp³-hybridized carbons (Fsp3) is 0.538. The highest BCUT2D eigenvalue weighted by molar-refractivity contribution is 5.56. The van der Waals surface area contributed by atoms with E-state index in [1.165, 1.54) is 6.07 Å². The molecule has 2 rings (SSSR count). The molecule has 17 heavy (non-hydrogen) atoms. The van der Waals surface area contributed by atoms with Crippen molar-refractivity contribution in [2.24, 2.45) is 0 Å². The Labute approximate surface area is 101 Å². The van der Waals surface area contributed by atoms with E-state index >= 15 is 0 Å². The molecule has 1 heterocycles. The van der Waals surface area contributed by atoms with Gasteiger partial charge in [0.05, 0.1) is 18.3 Å². The molecule has 1 aliphatic rings. The van der Waals surface area contributed by atoms with Crippen LogP contribution in [0.2, 0.25) is 0 Å². The van der Waals surface area contributed by atoms with Crippen molar-refractivity contribution < 1.29 is 9.50 Å². The zero-order valence-corrected chi connectivity index (χ0v) is 10.1. The van der Waals surface area contributed by atoms with Gasteiger partial charge in [0.15, 0.2) is 0 Å². The minimum atomic E-state index is -0.196. The first-order valence-electron chi connectivity index (χ1n) is 6.07. The van der Waals surface area contributed by atoms with Gasteiger partial charge in [-0.05, 0) is 31.5 Å². The van der Waals surface area contributed by atoms with Gasteiger partial charge in [-0.25, -0.2) is 4.39 Å². The molecule has 1 aliphatic heterocycles. The quantitative estimate of drug-likeness (QED) is 0.834. The number of aliphatic hydroxyl groups excluding tert-OH is 1. The summed E-state index contributed by atoms with van der Waals surface area (Å²) in [6.07, 6.45) is 1.95. The Balaban J connectivity index is 2.35. The molecular formula is C13H19FN2O. The van der Waals surface area contributed by atoms with Gasteiger partial charge in [0.1, 0.15) is 5.82 Å². The molecule has 0 bridgehead atoms. The Kier molecular flexibility index (Phi) is 3.97. The zero-order chi connectivity index (χ0) is 12.3. The second-order valence-electron chi connectivity index (χ2n) is 4.45. The zero-order valence-electron chi connectivity index (χ0n) is 10.1. The van der Waals surface area contributed by atoms with Crippen molar-refractivity contribution in [3.8, 4) is 0 Å². The molecule has 2 N–H and O–H groups in total. The smallest absolute Gasteiger partial charge is 0.146 e. The molecule has 1 unspecified atom stereocenters. The number of nitrogens with one attached hydrogen (secondary N) is 1. The van der Waals surface area contributed by atoms with E-state index in [4.69, 9.17) is 0 Å². The van der Waals surface area contributed by atoms with Gasteiger partial charge < -0.3 is 15.3 Å². The number of aliphatic hydroxyl groups is 1. The number of anilines is 1. The Hall–Kier alpha value is -1.13. The average Bonchev–Trinajstić information content (AvgIpc) is 2.77. The van der Waals surface area contributed by atoms with Crippen molar-refractivity contribution in [2.75, 3.05) is 25.1 Å². The van der Waals surface area contributed by atoms with Gasteiger partial charge in [0, 0.05) is 13.1 Å². The second-order valence-corrected chi connectivity index (χ2v) is 4.45. The average molecular weight is 238 g/mol. The van der Waals surface area contributed by atoms with Crippen LogP contribution in [0.3, 0.4) is 0 Å². The molecule has 94 valence electrons. The topological polar surface area (TPSA) is 35.5 Å². The third-order valence-electron chi connectivity index (χ3n) is 3.31. The summed E-state index contributed by atoms with van der Waals surface area (Å²) in [5.41, 5.74) is 1.60. The van der Waals surface area contributed by atoms with Gasteiger partial charge in [-0.2, -0.15) is 0 Å². The molecule has 4 heteroatoms. The molecule has 1 saturated heterocycles. The Morgan fingerprint density at radius 1 is 1.53 bits per heavy atom. The van der Waals surface area contributed by atoms with Crippen molar-refractivity contribution in [3.05, 3.63) is 29.6 Å². The number of hydrogen-bond donors (Lipinski definition) is 2. The predicted molar refractivity (Wildman–Crippen MR) is 66.6 cm³/mol. The Bertz CT molecular complexity index is 384. The molecule has 0 spiro atoms. The first-order chi connectivity index (χ1) is 8.27. The molecule has 0 saturated carbocycles. The van der Waals surface area contributed by atoms with Gasteiger partial charge in [-0.3, -0.25) is 0 Å². The summed E-state index contributed by atoms with van der Waals surface area (Å²) >= 11 is 0. The minimum Gasteiger partial charge on any atom is -0.394 e. The third kappa shape index (κ3) is 2.42. The van der Waals surface area contributed by atoms with Crippen LogP contribution in [0.15, 0.2) is 18.2 Å². The number of para-hydroxylation sites is 1. The van der Waals surface area contributed by atoms with Crippen LogP contribution in [0.1, 0.15) is 18.4 Å². The largest absolute Gasteiger partial charge is 0.394 e. The third-order valence-corrected chi connectivity index (χ3v) is 3.31. The normalized spacial score (nSPS) is 19.9. The molecule has 1 aromatic carbocycles. The highest BCUT2D eigenvalue weighted by atomic mass is 19.1. The van der Waals surface area contributed by atoms with Gasteiger partial charge in [-0.15, -0.1) is 0 Å². The molecule has 1 aromatic rings. The van der Waals surface area contributed by atoms with Gasteiger partial charge in [0.2, 0.25) is 0 Å². The fourth-order valence-corrected chi connectivity index (χ4v) is 2.53. The van der Waals surface area contributed by atoms with Gasteiger partial charge in [0.25, 0.3) is 0 Å². The maximum atomic E-state index is 14.0. The SMILES string of the molecule is CNCc1cccc(F)c1N1CCCC1CO. The van der Waals surface area contributed by atoms with Crippen LogP contribution in [0.25, 0.3) is 0 Å². The summed E-state index contributed by atoms with van der Waals surface area (Å²) < 4.78 is 14.0. The van der Waals surface area contributed by atoms with Crippen LogP contribution in [0.4, 0.5) is 10.1 Å². The van der Waals surface area contributed by atoms with Crippen LogP contribution < -0.4 is 10.2 Å². The number of nitrogens with zero attached hydrogens (tertiary/aromatic N) is 1. The Morgan fingerprint density at radius 3 is 3.06 bits per heavy atom. The van der Waals surface area contributed by atoms with Crippen LogP contribution in [0, 0.1) is 5.82 Å². The standard InChI is InChI=1S/C13H19FN2O/c1-15-8-10-4-2-6-12(14)13(10)16-7-3-5-11(16)9-17/h2,4,6,11,15,17H,3,5,7-9H2,1H3. The molecule has 0 amide bonds. The fourth-order valence-electron chi connectivity index (χ4n) is 2.53. The van der Waals surface area contributed by atoms with Crippen molar-refractivity contribution >= 4 is 5.69 Å². The van der Waals surface area contributed by atoms with Crippen LogP contribution in [-0.4, -0.2) is 31.3 Å². The van der Waals surface area contributed by atoms with E-state index in [2.05, 4.69) is 5.32 Å². The lowest BCUT2D eigenvalue weighted by atomic mass is 10.1. The monoisotopic (exact) mass is 238 g/mol. The van der Waals surface area contributed by atoms with Crippen LogP contribution in [0.5, 0.6) is 0 Å². The van der Waals surface area contributed by atoms with E-state index in [0.29, 0.717) is 12.2 Å². The lowest BCUT2D eigenvalue weighted by Gasteiger charge is -2.28. The number of hydrogen-bond acceptors (Lipinski definition) is 3. The second kappa shape index (κ2) is 5.47. The van der Waals surface area contributed by atoms with E-state index in [1.54, 1.807) is 6.07 Å². The minimum absolute atomic E-state index is 0.0579. The van der Waals surface area contributed by atoms with E-state index < -0.39 is 0 Å². The number of rotatable bonds is 4. The highest BCUT2D eigenvalue weighted by Gasteiger charge is 2.27. The maximum Gasteiger partial charge on any atom is 0.146 e. The molecule has 1 fully saturated rings. The number of halogens is 1. The Morgan fingerprint density at radius 2 is 2.35 bits per heavy atom. The van der Waals surface area contributed by atoms with E-state index in [1.807, 2.05) is 18.0 Å². The van der Waals surface area contributed by atoms with Crippen molar-refractivity contribution in [2.45, 2.75) is 25.4 Å². The predicted octanol–water partition coefficient (Wildman–Crippen LogP) is 1.51. The van der Waals surface area contributed by atoms with Crippen molar-refractivity contribution in [3.63, 3.8) is 0 Å². The van der Waals surface area contributed by atoms with Gasteiger partial charge in [-0.1, -0.05) is 12.1 Å². The number of benzene rings is 1. The molecule has 0 radical (unpaired) electrons. The van der Waals surface area contributed by atoms with Gasteiger partial charge >= 0.3 is 0 Å². The highest BCUT2D eigenvalue weighted by Crippen LogP contribution is 2.31.